The molecule has 1 N–H and O–H groups in total. The van der Waals surface area contributed by atoms with Crippen LogP contribution < -0.4 is 0 Å². The minimum atomic E-state index is 0.773. The molecule has 0 aliphatic rings. The summed E-state index contributed by atoms with van der Waals surface area (Å²) in [6.45, 7) is 3.72. The van der Waals surface area contributed by atoms with Crippen molar-refractivity contribution in [2.75, 3.05) is 7.11 Å². The molecule has 0 unspecified atom stereocenters. The Morgan fingerprint density at radius 3 is 2.11 bits per heavy atom. The van der Waals surface area contributed by atoms with Crippen molar-refractivity contribution >= 4 is 16.2 Å². The van der Waals surface area contributed by atoms with Crippen molar-refractivity contribution in [3.05, 3.63) is 0 Å². The van der Waals surface area contributed by atoms with Crippen LogP contribution in [-0.2, 0) is 4.43 Å². The lowest BCUT2D eigenvalue weighted by Gasteiger charge is -1.81. The molecule has 0 saturated heterocycles. The third kappa shape index (κ3) is 18.3. The highest BCUT2D eigenvalue weighted by Crippen LogP contribution is 1.78. The standard InChI is InChI=1S/C4H9NO.CH6OSi/c1-3-4(2)5-6;1-2-3/h6H,3H2,1-2H3;1,3H3. The maximum absolute atomic E-state index is 7.92. The molecule has 56 valence electrons. The summed E-state index contributed by atoms with van der Waals surface area (Å²) in [7, 11) is 2.56. The van der Waals surface area contributed by atoms with Crippen LogP contribution >= 0.6 is 0 Å². The van der Waals surface area contributed by atoms with Gasteiger partial charge in [-0.1, -0.05) is 12.1 Å². The second-order valence-electron chi connectivity index (χ2n) is 1.60. The number of rotatable bonds is 1. The molecule has 3 nitrogen and oxygen atoms in total. The van der Waals surface area contributed by atoms with Crippen LogP contribution in [0.3, 0.4) is 0 Å². The van der Waals surface area contributed by atoms with E-state index in [-0.39, 0.29) is 0 Å². The van der Waals surface area contributed by atoms with Crippen LogP contribution in [0.15, 0.2) is 5.16 Å². The highest BCUT2D eigenvalue weighted by Gasteiger charge is 1.77. The first kappa shape index (κ1) is 11.4. The normalized spacial score (nSPS) is 10.3. The SMILES string of the molecule is CCC(C)=NO.CO[SiH3]. The topological polar surface area (TPSA) is 41.8 Å². The smallest absolute Gasteiger partial charge is 0.145 e. The maximum Gasteiger partial charge on any atom is 0.145 e. The van der Waals surface area contributed by atoms with Crippen LogP contribution in [0, 0.1) is 0 Å². The van der Waals surface area contributed by atoms with Gasteiger partial charge in [-0.3, -0.25) is 0 Å². The minimum Gasteiger partial charge on any atom is -0.431 e. The van der Waals surface area contributed by atoms with Gasteiger partial charge in [-0.15, -0.1) is 0 Å². The first-order chi connectivity index (χ1) is 4.22. The molecule has 0 saturated carbocycles. The van der Waals surface area contributed by atoms with E-state index in [4.69, 9.17) is 5.21 Å². The molecule has 4 heteroatoms. The van der Waals surface area contributed by atoms with Gasteiger partial charge >= 0.3 is 0 Å². The van der Waals surface area contributed by atoms with E-state index in [1.165, 1.54) is 0 Å². The van der Waals surface area contributed by atoms with Crippen LogP contribution in [0.25, 0.3) is 0 Å². The summed E-state index contributed by atoms with van der Waals surface area (Å²) in [5.41, 5.74) is 0.773. The number of nitrogens with zero attached hydrogens (tertiary/aromatic N) is 1. The van der Waals surface area contributed by atoms with Crippen LogP contribution in [0.1, 0.15) is 20.3 Å². The molecule has 0 spiro atoms. The molecular weight excluding hydrogens is 134 g/mol. The van der Waals surface area contributed by atoms with Gasteiger partial charge in [-0.25, -0.2) is 0 Å². The van der Waals surface area contributed by atoms with E-state index in [0.29, 0.717) is 0 Å². The summed E-state index contributed by atoms with van der Waals surface area (Å²) in [4.78, 5) is 0. The Morgan fingerprint density at radius 1 is 1.78 bits per heavy atom. The van der Waals surface area contributed by atoms with Crippen molar-refractivity contribution in [1.82, 2.24) is 0 Å². The molecule has 0 fully saturated rings. The molecule has 0 atom stereocenters. The predicted octanol–water partition coefficient (Wildman–Crippen LogP) is 0.160. The minimum absolute atomic E-state index is 0.773. The van der Waals surface area contributed by atoms with Gasteiger partial charge in [-0.05, 0) is 13.3 Å². The average molecular weight is 149 g/mol. The molecule has 0 radical (unpaired) electrons. The molecule has 0 amide bonds. The van der Waals surface area contributed by atoms with Gasteiger partial charge in [0.2, 0.25) is 0 Å². The average Bonchev–Trinajstić information content (AvgIpc) is 1.88. The Balaban J connectivity index is 0. The van der Waals surface area contributed by atoms with Gasteiger partial charge in [0, 0.05) is 7.11 Å². The van der Waals surface area contributed by atoms with E-state index in [0.717, 1.165) is 22.6 Å². The van der Waals surface area contributed by atoms with Crippen LogP contribution in [0.4, 0.5) is 0 Å². The summed E-state index contributed by atoms with van der Waals surface area (Å²) in [5, 5.41) is 10.8. The molecule has 0 aromatic carbocycles. The van der Waals surface area contributed by atoms with E-state index in [1.807, 2.05) is 6.92 Å². The summed E-state index contributed by atoms with van der Waals surface area (Å²) in [6, 6.07) is 0. The van der Waals surface area contributed by atoms with Gasteiger partial charge in [0.05, 0.1) is 5.71 Å². The van der Waals surface area contributed by atoms with Gasteiger partial charge in [0.25, 0.3) is 0 Å². The highest BCUT2D eigenvalue weighted by atomic mass is 28.2. The third-order valence-corrected chi connectivity index (χ3v) is 0.682. The van der Waals surface area contributed by atoms with E-state index in [9.17, 15) is 0 Å². The predicted molar refractivity (Wildman–Crippen MR) is 42.1 cm³/mol. The van der Waals surface area contributed by atoms with Crippen LogP contribution in [0.5, 0.6) is 0 Å². The Morgan fingerprint density at radius 2 is 2.11 bits per heavy atom. The van der Waals surface area contributed by atoms with Crippen molar-refractivity contribution in [2.45, 2.75) is 20.3 Å². The molecular formula is C5H15NO2Si. The summed E-state index contributed by atoms with van der Waals surface area (Å²) in [6.07, 6.45) is 0.830. The van der Waals surface area contributed by atoms with Crippen LogP contribution in [0.2, 0.25) is 0 Å². The molecule has 0 bridgehead atoms. The zero-order valence-corrected chi connectivity index (χ0v) is 8.51. The second kappa shape index (κ2) is 10.6. The van der Waals surface area contributed by atoms with E-state index < -0.39 is 0 Å². The van der Waals surface area contributed by atoms with Crippen molar-refractivity contribution in [2.24, 2.45) is 5.16 Å². The Bertz CT molecular complexity index is 75.4. The van der Waals surface area contributed by atoms with E-state index in [1.54, 1.807) is 14.0 Å². The van der Waals surface area contributed by atoms with Gasteiger partial charge in [-0.2, -0.15) is 0 Å². The summed E-state index contributed by atoms with van der Waals surface area (Å²) < 4.78 is 4.39. The molecule has 0 rings (SSSR count). The Hall–Kier alpha value is -0.353. The fraction of sp³-hybridized carbons (Fsp3) is 0.800. The van der Waals surface area contributed by atoms with Gasteiger partial charge < -0.3 is 9.63 Å². The maximum atomic E-state index is 7.92. The van der Waals surface area contributed by atoms with Gasteiger partial charge in [0.1, 0.15) is 10.5 Å². The number of hydrogen-bond acceptors (Lipinski definition) is 3. The van der Waals surface area contributed by atoms with Crippen molar-refractivity contribution in [1.29, 1.82) is 0 Å². The van der Waals surface area contributed by atoms with Crippen molar-refractivity contribution in [3.8, 4) is 0 Å². The van der Waals surface area contributed by atoms with Crippen molar-refractivity contribution < 1.29 is 9.63 Å². The first-order valence-corrected chi connectivity index (χ1v) is 3.62. The van der Waals surface area contributed by atoms with E-state index in [2.05, 4.69) is 9.58 Å². The summed E-state index contributed by atoms with van der Waals surface area (Å²) in [5.74, 6) is 0. The molecule has 0 aromatic rings. The summed E-state index contributed by atoms with van der Waals surface area (Å²) >= 11 is 0. The van der Waals surface area contributed by atoms with Crippen LogP contribution in [-0.4, -0.2) is 28.5 Å². The number of hydrogen-bond donors (Lipinski definition) is 1. The lowest BCUT2D eigenvalue weighted by molar-refractivity contribution is 0.317. The largest absolute Gasteiger partial charge is 0.431 e. The Labute approximate surface area is 59.3 Å². The fourth-order valence-electron chi connectivity index (χ4n) is 0.0707. The quantitative estimate of drug-likeness (QED) is 0.250. The fourth-order valence-corrected chi connectivity index (χ4v) is 0.0707. The molecule has 0 aromatic heterocycles. The molecule has 0 heterocycles. The highest BCUT2D eigenvalue weighted by molar-refractivity contribution is 5.97. The first-order valence-electron chi connectivity index (χ1n) is 2.80. The molecule has 9 heavy (non-hydrogen) atoms. The zero-order chi connectivity index (χ0) is 7.70. The van der Waals surface area contributed by atoms with E-state index >= 15 is 0 Å². The zero-order valence-electron chi connectivity index (χ0n) is 6.51. The second-order valence-corrected chi connectivity index (χ2v) is 2.41. The van der Waals surface area contributed by atoms with Crippen molar-refractivity contribution in [3.63, 3.8) is 0 Å². The monoisotopic (exact) mass is 149 g/mol. The lowest BCUT2D eigenvalue weighted by atomic mass is 10.3. The van der Waals surface area contributed by atoms with Gasteiger partial charge in [0.15, 0.2) is 0 Å². The molecule has 0 aliphatic carbocycles. The molecule has 0 aliphatic heterocycles. The third-order valence-electron chi connectivity index (χ3n) is 0.682. The Kier molecular flexibility index (Phi) is 13.5. The lowest BCUT2D eigenvalue weighted by Crippen LogP contribution is -1.83. The number of oxime groups is 1.